The number of amides is 1. The average Bonchev–Trinajstić information content (AvgIpc) is 2.84. The second kappa shape index (κ2) is 10.1. The van der Waals surface area contributed by atoms with Crippen LogP contribution in [0.2, 0.25) is 0 Å². The van der Waals surface area contributed by atoms with Crippen LogP contribution in [-0.2, 0) is 16.6 Å². The number of aryl methyl sites for hydroxylation is 1. The van der Waals surface area contributed by atoms with E-state index in [0.29, 0.717) is 13.0 Å². The highest BCUT2D eigenvalue weighted by Gasteiger charge is 2.38. The molecule has 4 rings (SSSR count). The first-order valence-corrected chi connectivity index (χ1v) is 11.2. The standard InChI is InChI=1S/C30H29NO/c1-24-12-11-13-25(22-24)20-21-31-29(32)23-30(26-14-5-2-6-15-26,27-16-7-3-8-17-27)28-18-9-4-10-19-28/h2-19,22H,20-21,23H2,1H3,(H,31,32). The summed E-state index contributed by atoms with van der Waals surface area (Å²) < 4.78 is 0. The highest BCUT2D eigenvalue weighted by Crippen LogP contribution is 2.42. The van der Waals surface area contributed by atoms with Gasteiger partial charge in [-0.25, -0.2) is 0 Å². The Kier molecular flexibility index (Phi) is 6.81. The molecule has 0 fully saturated rings. The zero-order valence-electron chi connectivity index (χ0n) is 18.5. The molecule has 32 heavy (non-hydrogen) atoms. The molecule has 1 amide bonds. The van der Waals surface area contributed by atoms with Crippen molar-refractivity contribution in [1.82, 2.24) is 5.32 Å². The average molecular weight is 420 g/mol. The lowest BCUT2D eigenvalue weighted by Gasteiger charge is -2.35. The number of carbonyl (C=O) groups excluding carboxylic acids is 1. The van der Waals surface area contributed by atoms with E-state index in [9.17, 15) is 4.79 Å². The van der Waals surface area contributed by atoms with Crippen molar-refractivity contribution in [2.75, 3.05) is 6.54 Å². The highest BCUT2D eigenvalue weighted by molar-refractivity contribution is 5.80. The van der Waals surface area contributed by atoms with Crippen LogP contribution in [0.1, 0.15) is 34.2 Å². The quantitative estimate of drug-likeness (QED) is 0.345. The summed E-state index contributed by atoms with van der Waals surface area (Å²) in [6.07, 6.45) is 1.17. The van der Waals surface area contributed by atoms with E-state index in [1.807, 2.05) is 54.6 Å². The Morgan fingerprint density at radius 2 is 1.19 bits per heavy atom. The minimum Gasteiger partial charge on any atom is -0.356 e. The van der Waals surface area contributed by atoms with Gasteiger partial charge >= 0.3 is 0 Å². The van der Waals surface area contributed by atoms with Gasteiger partial charge in [-0.15, -0.1) is 0 Å². The molecule has 0 spiro atoms. The molecule has 0 aliphatic carbocycles. The van der Waals surface area contributed by atoms with Gasteiger partial charge in [-0.1, -0.05) is 121 Å². The van der Waals surface area contributed by atoms with E-state index in [2.05, 4.69) is 72.9 Å². The number of nitrogens with one attached hydrogen (secondary N) is 1. The molecular formula is C30H29NO. The zero-order chi connectivity index (χ0) is 22.2. The Balaban J connectivity index is 1.65. The third kappa shape index (κ3) is 4.81. The number of hydrogen-bond acceptors (Lipinski definition) is 1. The van der Waals surface area contributed by atoms with Crippen molar-refractivity contribution >= 4 is 5.91 Å². The van der Waals surface area contributed by atoms with Crippen LogP contribution in [0, 0.1) is 6.92 Å². The van der Waals surface area contributed by atoms with Crippen LogP contribution in [0.4, 0.5) is 0 Å². The first-order chi connectivity index (χ1) is 15.7. The van der Waals surface area contributed by atoms with E-state index in [0.717, 1.165) is 23.1 Å². The van der Waals surface area contributed by atoms with Gasteiger partial charge in [-0.05, 0) is 35.6 Å². The lowest BCUT2D eigenvalue weighted by molar-refractivity contribution is -0.121. The molecule has 0 saturated heterocycles. The molecule has 2 heteroatoms. The van der Waals surface area contributed by atoms with E-state index in [1.165, 1.54) is 11.1 Å². The van der Waals surface area contributed by atoms with Crippen LogP contribution in [0.3, 0.4) is 0 Å². The number of hydrogen-bond donors (Lipinski definition) is 1. The van der Waals surface area contributed by atoms with Gasteiger partial charge in [0.15, 0.2) is 0 Å². The SMILES string of the molecule is Cc1cccc(CCNC(=O)CC(c2ccccc2)(c2ccccc2)c2ccccc2)c1. The van der Waals surface area contributed by atoms with E-state index in [4.69, 9.17) is 0 Å². The summed E-state index contributed by atoms with van der Waals surface area (Å²) in [5, 5.41) is 3.18. The van der Waals surface area contributed by atoms with Gasteiger partial charge in [0.2, 0.25) is 5.91 Å². The van der Waals surface area contributed by atoms with Gasteiger partial charge in [0, 0.05) is 13.0 Å². The van der Waals surface area contributed by atoms with Gasteiger partial charge in [-0.3, -0.25) is 4.79 Å². The van der Waals surface area contributed by atoms with Crippen molar-refractivity contribution < 1.29 is 4.79 Å². The Bertz CT molecular complexity index is 1040. The summed E-state index contributed by atoms with van der Waals surface area (Å²) in [5.74, 6) is 0.0502. The summed E-state index contributed by atoms with van der Waals surface area (Å²) in [6.45, 7) is 2.72. The Morgan fingerprint density at radius 1 is 0.688 bits per heavy atom. The molecule has 1 N–H and O–H groups in total. The number of carbonyl (C=O) groups is 1. The first-order valence-electron chi connectivity index (χ1n) is 11.2. The molecule has 160 valence electrons. The van der Waals surface area contributed by atoms with Crippen LogP contribution < -0.4 is 5.32 Å². The molecule has 4 aromatic rings. The summed E-state index contributed by atoms with van der Waals surface area (Å²) in [7, 11) is 0. The van der Waals surface area contributed by atoms with Crippen molar-refractivity contribution in [1.29, 1.82) is 0 Å². The van der Waals surface area contributed by atoms with Crippen LogP contribution in [0.5, 0.6) is 0 Å². The molecule has 0 heterocycles. The molecule has 0 saturated carbocycles. The van der Waals surface area contributed by atoms with Gasteiger partial charge in [0.1, 0.15) is 0 Å². The third-order valence-corrected chi connectivity index (χ3v) is 6.04. The Labute approximate surface area is 191 Å². The predicted molar refractivity (Wildman–Crippen MR) is 132 cm³/mol. The normalized spacial score (nSPS) is 11.2. The van der Waals surface area contributed by atoms with Gasteiger partial charge in [0.25, 0.3) is 0 Å². The lowest BCUT2D eigenvalue weighted by atomic mass is 9.67. The summed E-state index contributed by atoms with van der Waals surface area (Å²) in [4.78, 5) is 13.3. The first kappa shape index (κ1) is 21.6. The molecule has 0 aliphatic rings. The van der Waals surface area contributed by atoms with E-state index in [1.54, 1.807) is 0 Å². The summed E-state index contributed by atoms with van der Waals surface area (Å²) in [5.41, 5.74) is 5.27. The molecule has 0 atom stereocenters. The molecule has 0 aromatic heterocycles. The van der Waals surface area contributed by atoms with Gasteiger partial charge < -0.3 is 5.32 Å². The summed E-state index contributed by atoms with van der Waals surface area (Å²) in [6, 6.07) is 39.5. The second-order valence-corrected chi connectivity index (χ2v) is 8.27. The van der Waals surface area contributed by atoms with Gasteiger partial charge in [-0.2, -0.15) is 0 Å². The monoisotopic (exact) mass is 419 g/mol. The van der Waals surface area contributed by atoms with Crippen molar-refractivity contribution in [3.63, 3.8) is 0 Å². The van der Waals surface area contributed by atoms with Crippen molar-refractivity contribution in [2.45, 2.75) is 25.2 Å². The van der Waals surface area contributed by atoms with Crippen molar-refractivity contribution in [2.24, 2.45) is 0 Å². The second-order valence-electron chi connectivity index (χ2n) is 8.27. The van der Waals surface area contributed by atoms with Gasteiger partial charge in [0.05, 0.1) is 5.41 Å². The van der Waals surface area contributed by atoms with Crippen LogP contribution in [-0.4, -0.2) is 12.5 Å². The summed E-state index contributed by atoms with van der Waals surface area (Å²) >= 11 is 0. The zero-order valence-corrected chi connectivity index (χ0v) is 18.5. The molecule has 4 aromatic carbocycles. The maximum Gasteiger partial charge on any atom is 0.221 e. The number of benzene rings is 4. The predicted octanol–water partition coefficient (Wildman–Crippen LogP) is 6.08. The highest BCUT2D eigenvalue weighted by atomic mass is 16.1. The van der Waals surface area contributed by atoms with E-state index in [-0.39, 0.29) is 5.91 Å². The third-order valence-electron chi connectivity index (χ3n) is 6.04. The van der Waals surface area contributed by atoms with Crippen LogP contribution in [0.25, 0.3) is 0 Å². The smallest absolute Gasteiger partial charge is 0.221 e. The lowest BCUT2D eigenvalue weighted by Crippen LogP contribution is -2.37. The van der Waals surface area contributed by atoms with Crippen LogP contribution >= 0.6 is 0 Å². The fraction of sp³-hybridized carbons (Fsp3) is 0.167. The maximum absolute atomic E-state index is 13.3. The molecule has 0 unspecified atom stereocenters. The van der Waals surface area contributed by atoms with E-state index >= 15 is 0 Å². The molecular weight excluding hydrogens is 390 g/mol. The topological polar surface area (TPSA) is 29.1 Å². The minimum atomic E-state index is -0.558. The van der Waals surface area contributed by atoms with E-state index < -0.39 is 5.41 Å². The fourth-order valence-electron chi connectivity index (χ4n) is 4.49. The largest absolute Gasteiger partial charge is 0.356 e. The molecule has 0 bridgehead atoms. The van der Waals surface area contributed by atoms with Crippen LogP contribution in [0.15, 0.2) is 115 Å². The Hall–Kier alpha value is -3.65. The molecule has 0 aliphatic heterocycles. The van der Waals surface area contributed by atoms with Crippen molar-refractivity contribution in [3.8, 4) is 0 Å². The molecule has 2 nitrogen and oxygen atoms in total. The minimum absolute atomic E-state index is 0.0502. The number of rotatable bonds is 8. The maximum atomic E-state index is 13.3. The van der Waals surface area contributed by atoms with Crippen molar-refractivity contribution in [3.05, 3.63) is 143 Å². The fourth-order valence-corrected chi connectivity index (χ4v) is 4.49. The molecule has 0 radical (unpaired) electrons. The Morgan fingerprint density at radius 3 is 1.66 bits per heavy atom.